The van der Waals surface area contributed by atoms with E-state index in [0.29, 0.717) is 4.88 Å². The molecule has 2 heterocycles. The van der Waals surface area contributed by atoms with Crippen molar-refractivity contribution in [2.75, 3.05) is 0 Å². The van der Waals surface area contributed by atoms with E-state index < -0.39 is 0 Å². The Morgan fingerprint density at radius 3 is 3.11 bits per heavy atom. The zero-order valence-electron chi connectivity index (χ0n) is 9.63. The molecule has 1 amide bonds. The van der Waals surface area contributed by atoms with Gasteiger partial charge in [0, 0.05) is 6.20 Å². The van der Waals surface area contributed by atoms with Gasteiger partial charge in [-0.25, -0.2) is 5.43 Å². The molecule has 1 N–H and O–H groups in total. The summed E-state index contributed by atoms with van der Waals surface area (Å²) in [7, 11) is 0. The average molecular weight is 266 g/mol. The summed E-state index contributed by atoms with van der Waals surface area (Å²) in [6.07, 6.45) is 4.84. The summed E-state index contributed by atoms with van der Waals surface area (Å²) in [4.78, 5) is 12.1. The second-order valence-corrected chi connectivity index (χ2v) is 4.72. The van der Waals surface area contributed by atoms with Gasteiger partial charge in [0.05, 0.1) is 17.3 Å². The van der Waals surface area contributed by atoms with Crippen LogP contribution < -0.4 is 5.43 Å². The van der Waals surface area contributed by atoms with E-state index in [-0.39, 0.29) is 17.6 Å². The highest BCUT2D eigenvalue weighted by Crippen LogP contribution is 2.11. The zero-order valence-corrected chi connectivity index (χ0v) is 10.4. The number of aromatic nitrogens is 2. The second kappa shape index (κ2) is 5.54. The molecule has 0 fully saturated rings. The first-order valence-corrected chi connectivity index (χ1v) is 6.01. The molecule has 18 heavy (non-hydrogen) atoms. The Balaban J connectivity index is 1.83. The lowest BCUT2D eigenvalue weighted by Gasteiger charge is -1.99. The van der Waals surface area contributed by atoms with Gasteiger partial charge in [-0.05, 0) is 24.6 Å². The van der Waals surface area contributed by atoms with Gasteiger partial charge in [0.25, 0.3) is 5.91 Å². The van der Waals surface area contributed by atoms with E-state index in [2.05, 4.69) is 15.6 Å². The highest BCUT2D eigenvalue weighted by atomic mass is 32.1. The number of hydrogen-bond acceptors (Lipinski definition) is 4. The van der Waals surface area contributed by atoms with E-state index in [1.54, 1.807) is 18.5 Å². The SMILES string of the molecule is Cc1cnn(CC(=O)N/N=C/c2ccc(F)s2)c1. The van der Waals surface area contributed by atoms with Crippen LogP contribution in [0.1, 0.15) is 10.4 Å². The van der Waals surface area contributed by atoms with Gasteiger partial charge in [-0.3, -0.25) is 9.48 Å². The maximum Gasteiger partial charge on any atom is 0.261 e. The van der Waals surface area contributed by atoms with Crippen molar-refractivity contribution in [2.45, 2.75) is 13.5 Å². The van der Waals surface area contributed by atoms with Crippen molar-refractivity contribution < 1.29 is 9.18 Å². The summed E-state index contributed by atoms with van der Waals surface area (Å²) in [6, 6.07) is 2.94. The van der Waals surface area contributed by atoms with Crippen LogP contribution in [0.5, 0.6) is 0 Å². The van der Waals surface area contributed by atoms with Crippen LogP contribution in [0.4, 0.5) is 4.39 Å². The highest BCUT2D eigenvalue weighted by molar-refractivity contribution is 7.12. The van der Waals surface area contributed by atoms with Gasteiger partial charge in [-0.1, -0.05) is 0 Å². The maximum absolute atomic E-state index is 12.7. The fourth-order valence-corrected chi connectivity index (χ4v) is 1.90. The smallest absolute Gasteiger partial charge is 0.261 e. The number of nitrogens with zero attached hydrogens (tertiary/aromatic N) is 3. The molecule has 94 valence electrons. The predicted molar refractivity (Wildman–Crippen MR) is 67.0 cm³/mol. The van der Waals surface area contributed by atoms with Crippen LogP contribution in [0.3, 0.4) is 0 Å². The minimum Gasteiger partial charge on any atom is -0.271 e. The molecule has 7 heteroatoms. The van der Waals surface area contributed by atoms with Crippen LogP contribution in [-0.4, -0.2) is 21.9 Å². The van der Waals surface area contributed by atoms with Crippen molar-refractivity contribution in [3.8, 4) is 0 Å². The molecule has 0 atom stereocenters. The number of thiophene rings is 1. The number of nitrogens with one attached hydrogen (secondary N) is 1. The van der Waals surface area contributed by atoms with Crippen molar-refractivity contribution in [1.82, 2.24) is 15.2 Å². The van der Waals surface area contributed by atoms with Crippen molar-refractivity contribution in [3.63, 3.8) is 0 Å². The Kier molecular flexibility index (Phi) is 3.83. The van der Waals surface area contributed by atoms with E-state index in [4.69, 9.17) is 0 Å². The van der Waals surface area contributed by atoms with E-state index >= 15 is 0 Å². The fraction of sp³-hybridized carbons (Fsp3) is 0.182. The van der Waals surface area contributed by atoms with Gasteiger partial charge >= 0.3 is 0 Å². The minimum atomic E-state index is -0.286. The molecule has 0 aliphatic heterocycles. The third-order valence-corrected chi connectivity index (χ3v) is 2.85. The van der Waals surface area contributed by atoms with E-state index in [1.807, 2.05) is 6.92 Å². The Bertz CT molecular complexity index is 575. The first-order valence-electron chi connectivity index (χ1n) is 5.20. The molecular formula is C11H11FN4OS. The summed E-state index contributed by atoms with van der Waals surface area (Å²) in [6.45, 7) is 1.99. The monoisotopic (exact) mass is 266 g/mol. The minimum absolute atomic E-state index is 0.101. The van der Waals surface area contributed by atoms with Gasteiger partial charge < -0.3 is 0 Å². The molecule has 0 bridgehead atoms. The third kappa shape index (κ3) is 3.49. The van der Waals surface area contributed by atoms with Crippen LogP contribution in [0.2, 0.25) is 0 Å². The molecule has 5 nitrogen and oxygen atoms in total. The molecule has 2 rings (SSSR count). The van der Waals surface area contributed by atoms with Crippen LogP contribution in [0.15, 0.2) is 29.6 Å². The Morgan fingerprint density at radius 1 is 1.67 bits per heavy atom. The lowest BCUT2D eigenvalue weighted by atomic mass is 10.4. The number of rotatable bonds is 4. The summed E-state index contributed by atoms with van der Waals surface area (Å²) in [5, 5.41) is 7.44. The number of aryl methyl sites for hydroxylation is 1. The van der Waals surface area contributed by atoms with Gasteiger partial charge in [0.15, 0.2) is 5.13 Å². The Morgan fingerprint density at radius 2 is 2.50 bits per heavy atom. The number of hydrazone groups is 1. The van der Waals surface area contributed by atoms with Gasteiger partial charge in [-0.15, -0.1) is 11.3 Å². The number of amides is 1. The number of halogens is 1. The third-order valence-electron chi connectivity index (χ3n) is 2.04. The maximum atomic E-state index is 12.7. The van der Waals surface area contributed by atoms with Crippen LogP contribution >= 0.6 is 11.3 Å². The first-order chi connectivity index (χ1) is 8.63. The summed E-state index contributed by atoms with van der Waals surface area (Å²) >= 11 is 0.962. The standard InChI is InChI=1S/C11H11FN4OS/c1-8-4-14-16(6-8)7-11(17)15-13-5-9-2-3-10(12)18-9/h2-6H,7H2,1H3,(H,15,17)/b13-5+. The van der Waals surface area contributed by atoms with Crippen molar-refractivity contribution >= 4 is 23.5 Å². The van der Waals surface area contributed by atoms with Crippen LogP contribution in [0, 0.1) is 12.1 Å². The summed E-state index contributed by atoms with van der Waals surface area (Å²) < 4.78 is 14.2. The molecule has 0 aliphatic carbocycles. The molecule has 0 aliphatic rings. The lowest BCUT2D eigenvalue weighted by molar-refractivity contribution is -0.121. The molecule has 0 saturated heterocycles. The van der Waals surface area contributed by atoms with E-state index in [0.717, 1.165) is 16.9 Å². The van der Waals surface area contributed by atoms with Crippen molar-refractivity contribution in [2.24, 2.45) is 5.10 Å². The summed E-state index contributed by atoms with van der Waals surface area (Å²) in [5.41, 5.74) is 3.34. The molecule has 0 radical (unpaired) electrons. The largest absolute Gasteiger partial charge is 0.271 e. The van der Waals surface area contributed by atoms with E-state index in [9.17, 15) is 9.18 Å². The second-order valence-electron chi connectivity index (χ2n) is 3.65. The molecule has 0 saturated carbocycles. The molecule has 0 unspecified atom stereocenters. The highest BCUT2D eigenvalue weighted by Gasteiger charge is 2.02. The first kappa shape index (κ1) is 12.4. The quantitative estimate of drug-likeness (QED) is 0.674. The average Bonchev–Trinajstić information content (AvgIpc) is 2.88. The number of carbonyl (C=O) groups is 1. The normalized spacial score (nSPS) is 11.0. The topological polar surface area (TPSA) is 59.3 Å². The molecule has 0 spiro atoms. The molecule has 0 aromatic carbocycles. The molecular weight excluding hydrogens is 255 g/mol. The number of carbonyl (C=O) groups excluding carboxylic acids is 1. The van der Waals surface area contributed by atoms with E-state index in [1.165, 1.54) is 17.0 Å². The van der Waals surface area contributed by atoms with Gasteiger partial charge in [-0.2, -0.15) is 14.6 Å². The van der Waals surface area contributed by atoms with Crippen molar-refractivity contribution in [3.05, 3.63) is 40.1 Å². The van der Waals surface area contributed by atoms with Crippen LogP contribution in [0.25, 0.3) is 0 Å². The molecule has 2 aromatic rings. The number of hydrogen-bond donors (Lipinski definition) is 1. The Labute approximate surface area is 107 Å². The van der Waals surface area contributed by atoms with Crippen molar-refractivity contribution in [1.29, 1.82) is 0 Å². The fourth-order valence-electron chi connectivity index (χ4n) is 1.30. The van der Waals surface area contributed by atoms with Gasteiger partial charge in [0.2, 0.25) is 0 Å². The Hall–Kier alpha value is -2.02. The van der Waals surface area contributed by atoms with Crippen LogP contribution in [-0.2, 0) is 11.3 Å². The molecule has 2 aromatic heterocycles. The summed E-state index contributed by atoms with van der Waals surface area (Å²) in [5.74, 6) is -0.286. The lowest BCUT2D eigenvalue weighted by Crippen LogP contribution is -2.23. The van der Waals surface area contributed by atoms with Gasteiger partial charge in [0.1, 0.15) is 6.54 Å². The predicted octanol–water partition coefficient (Wildman–Crippen LogP) is 1.54. The zero-order chi connectivity index (χ0) is 13.0.